The molecule has 0 aliphatic carbocycles. The maximum absolute atomic E-state index is 11.1. The van der Waals surface area contributed by atoms with Crippen molar-refractivity contribution in [3.63, 3.8) is 0 Å². The van der Waals surface area contributed by atoms with Gasteiger partial charge < -0.3 is 9.52 Å². The van der Waals surface area contributed by atoms with Crippen LogP contribution < -0.4 is 0 Å². The quantitative estimate of drug-likeness (QED) is 0.861. The van der Waals surface area contributed by atoms with E-state index in [1.807, 2.05) is 0 Å². The van der Waals surface area contributed by atoms with Crippen molar-refractivity contribution < 1.29 is 19.1 Å². The van der Waals surface area contributed by atoms with Crippen molar-refractivity contribution in [1.82, 2.24) is 4.90 Å². The summed E-state index contributed by atoms with van der Waals surface area (Å²) in [4.78, 5) is 24.0. The van der Waals surface area contributed by atoms with Crippen molar-refractivity contribution in [2.24, 2.45) is 0 Å². The molecular weight excluding hydrogens is 222 g/mol. The van der Waals surface area contributed by atoms with Gasteiger partial charge in [-0.3, -0.25) is 9.69 Å². The number of hydrogen-bond acceptors (Lipinski definition) is 4. The highest BCUT2D eigenvalue weighted by Crippen LogP contribution is 2.18. The van der Waals surface area contributed by atoms with Gasteiger partial charge in [0.2, 0.25) is 5.76 Å². The SMILES string of the molecule is Cc1cc(CN2CCC(=O)CC2)oc1C(=O)O. The number of aromatic carboxylic acids is 1. The lowest BCUT2D eigenvalue weighted by molar-refractivity contribution is -0.121. The summed E-state index contributed by atoms with van der Waals surface area (Å²) in [5.74, 6) is -0.0898. The number of carboxylic acid groups (broad SMARTS) is 1. The summed E-state index contributed by atoms with van der Waals surface area (Å²) in [5, 5.41) is 8.87. The minimum Gasteiger partial charge on any atom is -0.475 e. The van der Waals surface area contributed by atoms with Crippen LogP contribution in [0.1, 0.15) is 34.7 Å². The minimum atomic E-state index is -1.04. The first-order chi connectivity index (χ1) is 8.06. The fourth-order valence-corrected chi connectivity index (χ4v) is 2.02. The second-order valence-corrected chi connectivity index (χ2v) is 4.34. The van der Waals surface area contributed by atoms with Crippen LogP contribution in [0, 0.1) is 6.92 Å². The summed E-state index contributed by atoms with van der Waals surface area (Å²) >= 11 is 0. The molecule has 1 aromatic heterocycles. The molecule has 92 valence electrons. The van der Waals surface area contributed by atoms with Crippen molar-refractivity contribution in [2.45, 2.75) is 26.3 Å². The number of furan rings is 1. The summed E-state index contributed by atoms with van der Waals surface area (Å²) in [6, 6.07) is 1.75. The molecule has 1 aromatic rings. The Kier molecular flexibility index (Phi) is 3.28. The first-order valence-electron chi connectivity index (χ1n) is 5.63. The molecule has 0 aromatic carbocycles. The first-order valence-corrected chi connectivity index (χ1v) is 5.63. The third-order valence-corrected chi connectivity index (χ3v) is 2.96. The van der Waals surface area contributed by atoms with E-state index in [1.165, 1.54) is 0 Å². The number of piperidine rings is 1. The number of Topliss-reactive ketones (excluding diaryl/α,β-unsaturated/α-hetero) is 1. The van der Waals surface area contributed by atoms with E-state index in [0.717, 1.165) is 13.1 Å². The van der Waals surface area contributed by atoms with Gasteiger partial charge in [-0.1, -0.05) is 0 Å². The number of carboxylic acids is 1. The highest BCUT2D eigenvalue weighted by molar-refractivity contribution is 5.86. The molecule has 0 bridgehead atoms. The van der Waals surface area contributed by atoms with Crippen LogP contribution in [0.3, 0.4) is 0 Å². The molecule has 0 unspecified atom stereocenters. The van der Waals surface area contributed by atoms with E-state index >= 15 is 0 Å². The number of carbonyl (C=O) groups is 2. The van der Waals surface area contributed by atoms with Crippen LogP contribution in [-0.2, 0) is 11.3 Å². The Morgan fingerprint density at radius 3 is 2.65 bits per heavy atom. The zero-order valence-corrected chi connectivity index (χ0v) is 9.73. The number of likely N-dealkylation sites (tertiary alicyclic amines) is 1. The molecule has 0 amide bonds. The molecule has 1 fully saturated rings. The predicted octanol–water partition coefficient (Wildman–Crippen LogP) is 1.45. The van der Waals surface area contributed by atoms with Crippen molar-refractivity contribution in [2.75, 3.05) is 13.1 Å². The smallest absolute Gasteiger partial charge is 0.372 e. The van der Waals surface area contributed by atoms with Crippen LogP contribution in [0.5, 0.6) is 0 Å². The van der Waals surface area contributed by atoms with Crippen molar-refractivity contribution >= 4 is 11.8 Å². The van der Waals surface area contributed by atoms with Crippen molar-refractivity contribution in [1.29, 1.82) is 0 Å². The second-order valence-electron chi connectivity index (χ2n) is 4.34. The van der Waals surface area contributed by atoms with E-state index in [-0.39, 0.29) is 5.76 Å². The Bertz CT molecular complexity index is 439. The van der Waals surface area contributed by atoms with Crippen molar-refractivity contribution in [3.8, 4) is 0 Å². The molecule has 1 aliphatic heterocycles. The van der Waals surface area contributed by atoms with Gasteiger partial charge in [-0.25, -0.2) is 4.79 Å². The molecule has 1 saturated heterocycles. The van der Waals surface area contributed by atoms with Crippen LogP contribution >= 0.6 is 0 Å². The fraction of sp³-hybridized carbons (Fsp3) is 0.500. The van der Waals surface area contributed by atoms with E-state index in [1.54, 1.807) is 13.0 Å². The topological polar surface area (TPSA) is 70.8 Å². The standard InChI is InChI=1S/C12H15NO4/c1-8-6-10(17-11(8)12(15)16)7-13-4-2-9(14)3-5-13/h6H,2-5,7H2,1H3,(H,15,16). The zero-order chi connectivity index (χ0) is 12.4. The van der Waals surface area contributed by atoms with Gasteiger partial charge in [-0.2, -0.15) is 0 Å². The monoisotopic (exact) mass is 237 g/mol. The van der Waals surface area contributed by atoms with Gasteiger partial charge in [0.15, 0.2) is 0 Å². The lowest BCUT2D eigenvalue weighted by atomic mass is 10.1. The lowest BCUT2D eigenvalue weighted by Gasteiger charge is -2.24. The molecular formula is C12H15NO4. The van der Waals surface area contributed by atoms with Gasteiger partial charge >= 0.3 is 5.97 Å². The Labute approximate surface area is 99.0 Å². The maximum atomic E-state index is 11.1. The number of rotatable bonds is 3. The summed E-state index contributed by atoms with van der Waals surface area (Å²) in [7, 11) is 0. The first kappa shape index (κ1) is 11.9. The molecule has 0 radical (unpaired) electrons. The molecule has 2 rings (SSSR count). The van der Waals surface area contributed by atoms with E-state index in [2.05, 4.69) is 4.90 Å². The molecule has 1 N–H and O–H groups in total. The third-order valence-electron chi connectivity index (χ3n) is 2.96. The van der Waals surface area contributed by atoms with Gasteiger partial charge in [0.25, 0.3) is 0 Å². The molecule has 5 nitrogen and oxygen atoms in total. The minimum absolute atomic E-state index is 0.00749. The number of ketones is 1. The highest BCUT2D eigenvalue weighted by Gasteiger charge is 2.19. The number of nitrogens with zero attached hydrogens (tertiary/aromatic N) is 1. The molecule has 2 heterocycles. The fourth-order valence-electron chi connectivity index (χ4n) is 2.02. The Balaban J connectivity index is 2.01. The number of carbonyl (C=O) groups excluding carboxylic acids is 1. The maximum Gasteiger partial charge on any atom is 0.372 e. The highest BCUT2D eigenvalue weighted by atomic mass is 16.4. The van der Waals surface area contributed by atoms with E-state index in [0.29, 0.717) is 36.5 Å². The van der Waals surface area contributed by atoms with Gasteiger partial charge in [0.05, 0.1) is 6.54 Å². The van der Waals surface area contributed by atoms with E-state index < -0.39 is 5.97 Å². The molecule has 0 spiro atoms. The Morgan fingerprint density at radius 1 is 1.47 bits per heavy atom. The lowest BCUT2D eigenvalue weighted by Crippen LogP contribution is -2.33. The van der Waals surface area contributed by atoms with Gasteiger partial charge in [0, 0.05) is 31.5 Å². The molecule has 5 heteroatoms. The summed E-state index contributed by atoms with van der Waals surface area (Å²) in [6.45, 7) is 3.74. The van der Waals surface area contributed by atoms with Crippen LogP contribution in [0.15, 0.2) is 10.5 Å². The van der Waals surface area contributed by atoms with E-state index in [9.17, 15) is 9.59 Å². The summed E-state index contributed by atoms with van der Waals surface area (Å²) < 4.78 is 5.28. The van der Waals surface area contributed by atoms with Crippen molar-refractivity contribution in [3.05, 3.63) is 23.2 Å². The molecule has 0 saturated carbocycles. The summed E-state index contributed by atoms with van der Waals surface area (Å²) in [5.41, 5.74) is 0.639. The summed E-state index contributed by atoms with van der Waals surface area (Å²) in [6.07, 6.45) is 1.15. The van der Waals surface area contributed by atoms with Crippen LogP contribution in [0.2, 0.25) is 0 Å². The van der Waals surface area contributed by atoms with Gasteiger partial charge in [-0.05, 0) is 13.0 Å². The Morgan fingerprint density at radius 2 is 2.12 bits per heavy atom. The van der Waals surface area contributed by atoms with Crippen LogP contribution in [0.25, 0.3) is 0 Å². The molecule has 1 aliphatic rings. The van der Waals surface area contributed by atoms with E-state index in [4.69, 9.17) is 9.52 Å². The van der Waals surface area contributed by atoms with Gasteiger partial charge in [-0.15, -0.1) is 0 Å². The third kappa shape index (κ3) is 2.74. The molecule has 0 atom stereocenters. The normalized spacial score (nSPS) is 17.4. The molecule has 17 heavy (non-hydrogen) atoms. The van der Waals surface area contributed by atoms with Crippen LogP contribution in [0.4, 0.5) is 0 Å². The van der Waals surface area contributed by atoms with Gasteiger partial charge in [0.1, 0.15) is 11.5 Å². The average molecular weight is 237 g/mol. The van der Waals surface area contributed by atoms with Crippen LogP contribution in [-0.4, -0.2) is 34.8 Å². The Hall–Kier alpha value is -1.62. The zero-order valence-electron chi connectivity index (χ0n) is 9.73. The average Bonchev–Trinajstić information content (AvgIpc) is 2.63. The predicted molar refractivity (Wildman–Crippen MR) is 59.9 cm³/mol. The second kappa shape index (κ2) is 4.71. The number of hydrogen-bond donors (Lipinski definition) is 1. The number of aryl methyl sites for hydroxylation is 1. The largest absolute Gasteiger partial charge is 0.475 e.